The van der Waals surface area contributed by atoms with Crippen LogP contribution in [0.5, 0.6) is 5.75 Å². The molecule has 0 saturated carbocycles. The molecule has 0 radical (unpaired) electrons. The molecular formula is C24H27N3O2. The minimum atomic E-state index is -0.144. The molecule has 0 spiro atoms. The first-order chi connectivity index (χ1) is 14.3. The number of carbonyl (C=O) groups excluding carboxylic acids is 1. The van der Waals surface area contributed by atoms with Gasteiger partial charge in [-0.1, -0.05) is 48.5 Å². The molecule has 5 heteroatoms. The van der Waals surface area contributed by atoms with E-state index in [1.54, 1.807) is 12.4 Å². The topological polar surface area (TPSA) is 63.2 Å². The number of nitrogens with one attached hydrogen (secondary N) is 2. The quantitative estimate of drug-likeness (QED) is 0.490. The number of rotatable bonds is 10. The summed E-state index contributed by atoms with van der Waals surface area (Å²) in [7, 11) is 0. The number of unbranched alkanes of at least 4 members (excludes halogenated alkanes) is 2. The van der Waals surface area contributed by atoms with Crippen LogP contribution in [0.25, 0.3) is 11.1 Å². The van der Waals surface area contributed by atoms with Crippen LogP contribution in [-0.2, 0) is 6.54 Å². The number of amides is 2. The van der Waals surface area contributed by atoms with Crippen molar-refractivity contribution in [2.75, 3.05) is 13.2 Å². The van der Waals surface area contributed by atoms with Gasteiger partial charge in [-0.2, -0.15) is 0 Å². The number of ether oxygens (including phenoxy) is 1. The Balaban J connectivity index is 1.29. The Morgan fingerprint density at radius 1 is 0.828 bits per heavy atom. The predicted molar refractivity (Wildman–Crippen MR) is 116 cm³/mol. The molecule has 0 fully saturated rings. The van der Waals surface area contributed by atoms with Gasteiger partial charge in [-0.25, -0.2) is 4.79 Å². The molecule has 2 amide bonds. The summed E-state index contributed by atoms with van der Waals surface area (Å²) in [6, 6.07) is 22.0. The molecule has 1 heterocycles. The third-order valence-electron chi connectivity index (χ3n) is 4.54. The van der Waals surface area contributed by atoms with Crippen molar-refractivity contribution in [3.8, 4) is 16.9 Å². The lowest BCUT2D eigenvalue weighted by molar-refractivity contribution is 0.240. The highest BCUT2D eigenvalue weighted by Crippen LogP contribution is 2.29. The summed E-state index contributed by atoms with van der Waals surface area (Å²) < 4.78 is 6.00. The second-order valence-electron chi connectivity index (χ2n) is 6.74. The first-order valence-electron chi connectivity index (χ1n) is 10.0. The highest BCUT2D eigenvalue weighted by atomic mass is 16.5. The van der Waals surface area contributed by atoms with Crippen molar-refractivity contribution in [3.05, 3.63) is 84.7 Å². The van der Waals surface area contributed by atoms with E-state index in [1.165, 1.54) is 0 Å². The first-order valence-corrected chi connectivity index (χ1v) is 10.0. The molecule has 150 valence electrons. The van der Waals surface area contributed by atoms with E-state index in [0.717, 1.165) is 41.7 Å². The zero-order chi connectivity index (χ0) is 20.2. The van der Waals surface area contributed by atoms with Crippen LogP contribution in [0.1, 0.15) is 24.8 Å². The van der Waals surface area contributed by atoms with Crippen molar-refractivity contribution in [1.29, 1.82) is 0 Å². The molecule has 2 N–H and O–H groups in total. The van der Waals surface area contributed by atoms with E-state index in [1.807, 2.05) is 48.5 Å². The highest BCUT2D eigenvalue weighted by molar-refractivity contribution is 5.73. The van der Waals surface area contributed by atoms with E-state index in [9.17, 15) is 4.79 Å². The first kappa shape index (κ1) is 20.4. The Hall–Kier alpha value is -3.34. The van der Waals surface area contributed by atoms with Crippen LogP contribution in [0.2, 0.25) is 0 Å². The molecule has 0 aliphatic rings. The zero-order valence-corrected chi connectivity index (χ0v) is 16.5. The SMILES string of the molecule is O=C(NCCCCCOc1ccccc1-c1ccccc1)NCc1ccncc1. The van der Waals surface area contributed by atoms with Crippen molar-refractivity contribution < 1.29 is 9.53 Å². The number of carbonyl (C=O) groups is 1. The Bertz CT molecular complexity index is 870. The second-order valence-corrected chi connectivity index (χ2v) is 6.74. The van der Waals surface area contributed by atoms with Crippen molar-refractivity contribution >= 4 is 6.03 Å². The lowest BCUT2D eigenvalue weighted by Gasteiger charge is -2.12. The summed E-state index contributed by atoms with van der Waals surface area (Å²) in [4.78, 5) is 15.8. The van der Waals surface area contributed by atoms with Gasteiger partial charge in [-0.05, 0) is 48.6 Å². The van der Waals surface area contributed by atoms with Gasteiger partial charge < -0.3 is 15.4 Å². The number of hydrogen-bond donors (Lipinski definition) is 2. The second kappa shape index (κ2) is 11.5. The number of aromatic nitrogens is 1. The molecule has 0 saturated heterocycles. The fourth-order valence-electron chi connectivity index (χ4n) is 2.98. The van der Waals surface area contributed by atoms with Crippen LogP contribution in [0.15, 0.2) is 79.1 Å². The van der Waals surface area contributed by atoms with Gasteiger partial charge in [0.15, 0.2) is 0 Å². The maximum Gasteiger partial charge on any atom is 0.315 e. The summed E-state index contributed by atoms with van der Waals surface area (Å²) >= 11 is 0. The normalized spacial score (nSPS) is 10.3. The third kappa shape index (κ3) is 6.96. The molecule has 1 aromatic heterocycles. The molecule has 0 bridgehead atoms. The maximum atomic E-state index is 11.8. The third-order valence-corrected chi connectivity index (χ3v) is 4.54. The minimum absolute atomic E-state index is 0.144. The van der Waals surface area contributed by atoms with Gasteiger partial charge >= 0.3 is 6.03 Å². The monoisotopic (exact) mass is 389 g/mol. The van der Waals surface area contributed by atoms with Gasteiger partial charge in [0.2, 0.25) is 0 Å². The smallest absolute Gasteiger partial charge is 0.315 e. The van der Waals surface area contributed by atoms with Gasteiger partial charge in [0.1, 0.15) is 5.75 Å². The molecule has 5 nitrogen and oxygen atoms in total. The van der Waals surface area contributed by atoms with Gasteiger partial charge in [0.25, 0.3) is 0 Å². The standard InChI is InChI=1S/C24H27N3O2/c28-24(27-19-20-13-16-25-17-14-20)26-15-7-2-8-18-29-23-12-6-5-11-22(23)21-9-3-1-4-10-21/h1,3-6,9-14,16-17H,2,7-8,15,18-19H2,(H2,26,27,28). The average molecular weight is 389 g/mol. The summed E-state index contributed by atoms with van der Waals surface area (Å²) in [5.41, 5.74) is 3.30. The number of pyridine rings is 1. The average Bonchev–Trinajstić information content (AvgIpc) is 2.78. The minimum Gasteiger partial charge on any atom is -0.493 e. The molecular weight excluding hydrogens is 362 g/mol. The Morgan fingerprint density at radius 2 is 1.59 bits per heavy atom. The number of hydrogen-bond acceptors (Lipinski definition) is 3. The van der Waals surface area contributed by atoms with Crippen LogP contribution < -0.4 is 15.4 Å². The zero-order valence-electron chi connectivity index (χ0n) is 16.5. The van der Waals surface area contributed by atoms with E-state index in [2.05, 4.69) is 33.8 Å². The number of urea groups is 1. The number of nitrogens with zero attached hydrogens (tertiary/aromatic N) is 1. The van der Waals surface area contributed by atoms with E-state index in [4.69, 9.17) is 4.74 Å². The van der Waals surface area contributed by atoms with Crippen LogP contribution in [-0.4, -0.2) is 24.2 Å². The van der Waals surface area contributed by atoms with E-state index >= 15 is 0 Å². The van der Waals surface area contributed by atoms with Crippen LogP contribution in [0, 0.1) is 0 Å². The van der Waals surface area contributed by atoms with Gasteiger partial charge in [0, 0.05) is 31.0 Å². The van der Waals surface area contributed by atoms with Gasteiger partial charge in [-0.15, -0.1) is 0 Å². The van der Waals surface area contributed by atoms with Crippen molar-refractivity contribution in [3.63, 3.8) is 0 Å². The van der Waals surface area contributed by atoms with Crippen molar-refractivity contribution in [2.24, 2.45) is 0 Å². The summed E-state index contributed by atoms with van der Waals surface area (Å²) in [5.74, 6) is 0.910. The Labute approximate surface area is 172 Å². The molecule has 0 unspecified atom stereocenters. The lowest BCUT2D eigenvalue weighted by atomic mass is 10.1. The largest absolute Gasteiger partial charge is 0.493 e. The Kier molecular flexibility index (Phi) is 8.08. The molecule has 0 aliphatic carbocycles. The summed E-state index contributed by atoms with van der Waals surface area (Å²) in [6.07, 6.45) is 6.30. The van der Waals surface area contributed by atoms with E-state index in [-0.39, 0.29) is 6.03 Å². The molecule has 29 heavy (non-hydrogen) atoms. The highest BCUT2D eigenvalue weighted by Gasteiger charge is 2.05. The summed E-state index contributed by atoms with van der Waals surface area (Å²) in [5, 5.41) is 5.73. The maximum absolute atomic E-state index is 11.8. The summed E-state index contributed by atoms with van der Waals surface area (Å²) in [6.45, 7) is 1.82. The van der Waals surface area contributed by atoms with Crippen molar-refractivity contribution in [1.82, 2.24) is 15.6 Å². The Morgan fingerprint density at radius 3 is 2.41 bits per heavy atom. The van der Waals surface area contributed by atoms with Gasteiger partial charge in [-0.3, -0.25) is 4.98 Å². The van der Waals surface area contributed by atoms with E-state index in [0.29, 0.717) is 19.7 Å². The van der Waals surface area contributed by atoms with Gasteiger partial charge in [0.05, 0.1) is 6.61 Å². The number of para-hydroxylation sites is 1. The van der Waals surface area contributed by atoms with Crippen molar-refractivity contribution in [2.45, 2.75) is 25.8 Å². The van der Waals surface area contributed by atoms with Crippen LogP contribution in [0.4, 0.5) is 4.79 Å². The molecule has 0 aliphatic heterocycles. The molecule has 3 rings (SSSR count). The molecule has 3 aromatic rings. The lowest BCUT2D eigenvalue weighted by Crippen LogP contribution is -2.35. The van der Waals surface area contributed by atoms with Crippen LogP contribution >= 0.6 is 0 Å². The number of benzene rings is 2. The predicted octanol–water partition coefficient (Wildman–Crippen LogP) is 4.80. The van der Waals surface area contributed by atoms with E-state index < -0.39 is 0 Å². The molecule has 2 aromatic carbocycles. The van der Waals surface area contributed by atoms with Crippen LogP contribution in [0.3, 0.4) is 0 Å². The fourth-order valence-corrected chi connectivity index (χ4v) is 2.98. The molecule has 0 atom stereocenters. The fraction of sp³-hybridized carbons (Fsp3) is 0.250.